The van der Waals surface area contributed by atoms with Crippen molar-refractivity contribution in [3.05, 3.63) is 0 Å². The van der Waals surface area contributed by atoms with E-state index in [2.05, 4.69) is 24.1 Å². The minimum absolute atomic E-state index is 0.761. The molecule has 1 saturated heterocycles. The molecule has 0 bridgehead atoms. The Kier molecular flexibility index (Phi) is 8.72. The van der Waals surface area contributed by atoms with Crippen LogP contribution in [-0.4, -0.2) is 37.1 Å². The van der Waals surface area contributed by atoms with E-state index in [4.69, 9.17) is 0 Å². The maximum Gasteiger partial charge on any atom is 0.0107 e. The van der Waals surface area contributed by atoms with Crippen LogP contribution in [0.1, 0.15) is 65.2 Å². The number of rotatable bonds is 8. The number of hydrogen-bond donors (Lipinski definition) is 1. The molecule has 1 rings (SSSR count). The molecule has 0 aromatic carbocycles. The SMILES string of the molecule is CCCC(CCC)NCCN1CCCCCC1. The number of nitrogens with zero attached hydrogens (tertiary/aromatic N) is 1. The molecule has 0 spiro atoms. The van der Waals surface area contributed by atoms with Crippen molar-refractivity contribution in [3.8, 4) is 0 Å². The second kappa shape index (κ2) is 9.90. The van der Waals surface area contributed by atoms with Gasteiger partial charge in [0.1, 0.15) is 0 Å². The monoisotopic (exact) mass is 240 g/mol. The zero-order chi connectivity index (χ0) is 12.3. The van der Waals surface area contributed by atoms with Gasteiger partial charge >= 0.3 is 0 Å². The van der Waals surface area contributed by atoms with E-state index in [0.29, 0.717) is 0 Å². The van der Waals surface area contributed by atoms with Gasteiger partial charge in [-0.1, -0.05) is 39.5 Å². The zero-order valence-corrected chi connectivity index (χ0v) is 12.0. The first-order chi connectivity index (χ1) is 8.36. The minimum atomic E-state index is 0.761. The second-order valence-electron chi connectivity index (χ2n) is 5.48. The highest BCUT2D eigenvalue weighted by Crippen LogP contribution is 2.09. The molecule has 0 aromatic rings. The van der Waals surface area contributed by atoms with E-state index in [0.717, 1.165) is 6.04 Å². The molecule has 1 heterocycles. The molecule has 2 heteroatoms. The van der Waals surface area contributed by atoms with Crippen LogP contribution in [0, 0.1) is 0 Å². The van der Waals surface area contributed by atoms with Crippen molar-refractivity contribution in [3.63, 3.8) is 0 Å². The predicted molar refractivity (Wildman–Crippen MR) is 76.5 cm³/mol. The second-order valence-corrected chi connectivity index (χ2v) is 5.48. The van der Waals surface area contributed by atoms with E-state index in [9.17, 15) is 0 Å². The number of hydrogen-bond acceptors (Lipinski definition) is 2. The lowest BCUT2D eigenvalue weighted by atomic mass is 10.1. The van der Waals surface area contributed by atoms with Gasteiger partial charge in [-0.2, -0.15) is 0 Å². The Morgan fingerprint density at radius 1 is 0.941 bits per heavy atom. The summed E-state index contributed by atoms with van der Waals surface area (Å²) < 4.78 is 0. The van der Waals surface area contributed by atoms with Crippen molar-refractivity contribution in [2.24, 2.45) is 0 Å². The van der Waals surface area contributed by atoms with Crippen molar-refractivity contribution < 1.29 is 0 Å². The fourth-order valence-electron chi connectivity index (χ4n) is 2.83. The van der Waals surface area contributed by atoms with Gasteiger partial charge in [0.05, 0.1) is 0 Å². The van der Waals surface area contributed by atoms with Gasteiger partial charge in [-0.15, -0.1) is 0 Å². The van der Waals surface area contributed by atoms with Crippen LogP contribution in [0.2, 0.25) is 0 Å². The molecule has 0 aromatic heterocycles. The third-order valence-corrected chi connectivity index (χ3v) is 3.83. The summed E-state index contributed by atoms with van der Waals surface area (Å²) in [6.45, 7) is 9.68. The highest BCUT2D eigenvalue weighted by Gasteiger charge is 2.10. The predicted octanol–water partition coefficient (Wildman–Crippen LogP) is 3.42. The average Bonchev–Trinajstić information content (AvgIpc) is 2.58. The lowest BCUT2D eigenvalue weighted by Gasteiger charge is -2.23. The quantitative estimate of drug-likeness (QED) is 0.699. The normalized spacial score (nSPS) is 18.5. The van der Waals surface area contributed by atoms with Crippen molar-refractivity contribution >= 4 is 0 Å². The average molecular weight is 240 g/mol. The summed E-state index contributed by atoms with van der Waals surface area (Å²) in [5.74, 6) is 0. The largest absolute Gasteiger partial charge is 0.313 e. The molecule has 1 fully saturated rings. The van der Waals surface area contributed by atoms with Crippen LogP contribution in [0.5, 0.6) is 0 Å². The maximum atomic E-state index is 3.75. The third-order valence-electron chi connectivity index (χ3n) is 3.83. The van der Waals surface area contributed by atoms with E-state index in [-0.39, 0.29) is 0 Å². The minimum Gasteiger partial charge on any atom is -0.313 e. The van der Waals surface area contributed by atoms with E-state index in [1.807, 2.05) is 0 Å². The Morgan fingerprint density at radius 3 is 2.06 bits per heavy atom. The van der Waals surface area contributed by atoms with Gasteiger partial charge in [-0.25, -0.2) is 0 Å². The fraction of sp³-hybridized carbons (Fsp3) is 1.00. The molecule has 0 unspecified atom stereocenters. The molecule has 1 aliphatic rings. The summed E-state index contributed by atoms with van der Waals surface area (Å²) in [5.41, 5.74) is 0. The first kappa shape index (κ1) is 15.0. The van der Waals surface area contributed by atoms with Gasteiger partial charge in [-0.3, -0.25) is 0 Å². The number of likely N-dealkylation sites (tertiary alicyclic amines) is 1. The standard InChI is InChI=1S/C15H32N2/c1-3-9-15(10-4-2)16-11-14-17-12-7-5-6-8-13-17/h15-16H,3-14H2,1-2H3. The van der Waals surface area contributed by atoms with E-state index in [1.54, 1.807) is 0 Å². The van der Waals surface area contributed by atoms with Crippen molar-refractivity contribution in [2.75, 3.05) is 26.2 Å². The Hall–Kier alpha value is -0.0800. The Labute approximate surface area is 108 Å². The molecule has 0 amide bonds. The van der Waals surface area contributed by atoms with Crippen LogP contribution in [0.4, 0.5) is 0 Å². The molecule has 0 atom stereocenters. The van der Waals surface area contributed by atoms with E-state index < -0.39 is 0 Å². The Morgan fingerprint density at radius 2 is 1.53 bits per heavy atom. The summed E-state index contributed by atoms with van der Waals surface area (Å²) >= 11 is 0. The summed E-state index contributed by atoms with van der Waals surface area (Å²) in [7, 11) is 0. The molecule has 102 valence electrons. The zero-order valence-electron chi connectivity index (χ0n) is 12.0. The van der Waals surface area contributed by atoms with Gasteiger partial charge in [0.25, 0.3) is 0 Å². The summed E-state index contributed by atoms with van der Waals surface area (Å²) in [6.07, 6.45) is 11.0. The molecule has 2 nitrogen and oxygen atoms in total. The van der Waals surface area contributed by atoms with Gasteiger partial charge in [-0.05, 0) is 38.8 Å². The van der Waals surface area contributed by atoms with Crippen molar-refractivity contribution in [1.29, 1.82) is 0 Å². The fourth-order valence-corrected chi connectivity index (χ4v) is 2.83. The van der Waals surface area contributed by atoms with Crippen LogP contribution in [0.15, 0.2) is 0 Å². The van der Waals surface area contributed by atoms with E-state index >= 15 is 0 Å². The molecule has 0 radical (unpaired) electrons. The van der Waals surface area contributed by atoms with Gasteiger partial charge in [0.2, 0.25) is 0 Å². The Bertz CT molecular complexity index is 154. The van der Waals surface area contributed by atoms with Crippen LogP contribution in [-0.2, 0) is 0 Å². The maximum absolute atomic E-state index is 3.75. The van der Waals surface area contributed by atoms with Crippen LogP contribution >= 0.6 is 0 Å². The van der Waals surface area contributed by atoms with Gasteiger partial charge in [0, 0.05) is 19.1 Å². The summed E-state index contributed by atoms with van der Waals surface area (Å²) in [4.78, 5) is 2.65. The molecule has 0 saturated carbocycles. The molecular weight excluding hydrogens is 208 g/mol. The molecule has 0 aliphatic carbocycles. The number of nitrogens with one attached hydrogen (secondary N) is 1. The Balaban J connectivity index is 2.10. The smallest absolute Gasteiger partial charge is 0.0107 e. The van der Waals surface area contributed by atoms with Gasteiger partial charge in [0.15, 0.2) is 0 Å². The van der Waals surface area contributed by atoms with Crippen LogP contribution < -0.4 is 5.32 Å². The molecule has 1 N–H and O–H groups in total. The highest BCUT2D eigenvalue weighted by atomic mass is 15.1. The molecule has 1 aliphatic heterocycles. The first-order valence-corrected chi connectivity index (χ1v) is 7.82. The van der Waals surface area contributed by atoms with E-state index in [1.165, 1.54) is 77.5 Å². The first-order valence-electron chi connectivity index (χ1n) is 7.82. The van der Waals surface area contributed by atoms with Crippen LogP contribution in [0.3, 0.4) is 0 Å². The summed E-state index contributed by atoms with van der Waals surface area (Å²) in [5, 5.41) is 3.75. The highest BCUT2D eigenvalue weighted by molar-refractivity contribution is 4.69. The molecule has 17 heavy (non-hydrogen) atoms. The summed E-state index contributed by atoms with van der Waals surface area (Å²) in [6, 6.07) is 0.761. The lowest BCUT2D eigenvalue weighted by Crippen LogP contribution is -2.37. The van der Waals surface area contributed by atoms with Crippen molar-refractivity contribution in [2.45, 2.75) is 71.3 Å². The van der Waals surface area contributed by atoms with Crippen molar-refractivity contribution in [1.82, 2.24) is 10.2 Å². The topological polar surface area (TPSA) is 15.3 Å². The third kappa shape index (κ3) is 7.05. The van der Waals surface area contributed by atoms with Gasteiger partial charge < -0.3 is 10.2 Å². The van der Waals surface area contributed by atoms with Crippen LogP contribution in [0.25, 0.3) is 0 Å². The molecular formula is C15H32N2. The lowest BCUT2D eigenvalue weighted by molar-refractivity contribution is 0.275.